The van der Waals surface area contributed by atoms with Gasteiger partial charge in [-0.25, -0.2) is 9.37 Å². The monoisotopic (exact) mass is 434 g/mol. The molecule has 8 heteroatoms. The lowest BCUT2D eigenvalue weighted by molar-refractivity contribution is -0.115. The van der Waals surface area contributed by atoms with Gasteiger partial charge in [0, 0.05) is 15.7 Å². The molecule has 2 aromatic carbocycles. The number of rotatable bonds is 6. The van der Waals surface area contributed by atoms with Gasteiger partial charge in [-0.3, -0.25) is 9.89 Å². The molecular formula is C18H16BrFN4OS. The second-order valence-electron chi connectivity index (χ2n) is 5.48. The number of hydrogen-bond acceptors (Lipinski definition) is 4. The smallest absolute Gasteiger partial charge is 0.237 e. The molecule has 0 spiro atoms. The molecule has 1 unspecified atom stereocenters. The Hall–Kier alpha value is -2.19. The number of H-pyrrole nitrogens is 1. The van der Waals surface area contributed by atoms with Crippen LogP contribution in [0.1, 0.15) is 13.3 Å². The van der Waals surface area contributed by atoms with Gasteiger partial charge >= 0.3 is 0 Å². The molecule has 0 fully saturated rings. The number of halogens is 2. The third-order valence-corrected chi connectivity index (χ3v) is 5.36. The summed E-state index contributed by atoms with van der Waals surface area (Å²) < 4.78 is 13.9. The number of amides is 1. The minimum absolute atomic E-state index is 0.168. The highest BCUT2D eigenvalue weighted by Crippen LogP contribution is 2.26. The van der Waals surface area contributed by atoms with Crippen LogP contribution < -0.4 is 5.32 Å². The van der Waals surface area contributed by atoms with Gasteiger partial charge in [0.15, 0.2) is 5.82 Å². The van der Waals surface area contributed by atoms with Crippen molar-refractivity contribution in [3.05, 3.63) is 58.8 Å². The summed E-state index contributed by atoms with van der Waals surface area (Å²) in [6.07, 6.45) is 0.611. The van der Waals surface area contributed by atoms with E-state index in [0.717, 1.165) is 10.0 Å². The van der Waals surface area contributed by atoms with Crippen molar-refractivity contribution in [2.75, 3.05) is 5.32 Å². The Morgan fingerprint density at radius 1 is 1.23 bits per heavy atom. The van der Waals surface area contributed by atoms with Gasteiger partial charge in [0.25, 0.3) is 0 Å². The SMILES string of the molecule is CCC(Sc1n[nH]c(-c2ccc(Br)cc2)n1)C(=O)Nc1ccc(F)cc1. The van der Waals surface area contributed by atoms with Crippen molar-refractivity contribution >= 4 is 39.3 Å². The van der Waals surface area contributed by atoms with Crippen LogP contribution in [-0.2, 0) is 4.79 Å². The van der Waals surface area contributed by atoms with Crippen molar-refractivity contribution in [3.8, 4) is 11.4 Å². The first-order valence-corrected chi connectivity index (χ1v) is 9.64. The van der Waals surface area contributed by atoms with Gasteiger partial charge in [-0.2, -0.15) is 0 Å². The van der Waals surface area contributed by atoms with E-state index < -0.39 is 0 Å². The number of nitrogens with zero attached hydrogens (tertiary/aromatic N) is 2. The van der Waals surface area contributed by atoms with E-state index in [4.69, 9.17) is 0 Å². The third-order valence-electron chi connectivity index (χ3n) is 3.61. The number of carbonyl (C=O) groups excluding carboxylic acids is 1. The highest BCUT2D eigenvalue weighted by Gasteiger charge is 2.20. The van der Waals surface area contributed by atoms with Gasteiger partial charge in [0.05, 0.1) is 5.25 Å². The zero-order chi connectivity index (χ0) is 18.5. The van der Waals surface area contributed by atoms with Crippen LogP contribution in [0.5, 0.6) is 0 Å². The molecule has 0 aliphatic heterocycles. The first-order chi connectivity index (χ1) is 12.5. The highest BCUT2D eigenvalue weighted by atomic mass is 79.9. The predicted octanol–water partition coefficient (Wildman–Crippen LogP) is 4.88. The molecule has 0 aliphatic rings. The van der Waals surface area contributed by atoms with Crippen molar-refractivity contribution in [1.29, 1.82) is 0 Å². The molecule has 1 heterocycles. The maximum absolute atomic E-state index is 13.0. The van der Waals surface area contributed by atoms with Crippen molar-refractivity contribution < 1.29 is 9.18 Å². The molecule has 1 amide bonds. The molecule has 5 nitrogen and oxygen atoms in total. The van der Waals surface area contributed by atoms with Gasteiger partial charge in [0.1, 0.15) is 5.82 Å². The van der Waals surface area contributed by atoms with Crippen LogP contribution >= 0.6 is 27.7 Å². The lowest BCUT2D eigenvalue weighted by Gasteiger charge is -2.12. The Bertz CT molecular complexity index is 883. The van der Waals surface area contributed by atoms with E-state index in [1.165, 1.54) is 36.0 Å². The quantitative estimate of drug-likeness (QED) is 0.542. The van der Waals surface area contributed by atoms with E-state index in [2.05, 4.69) is 36.4 Å². The van der Waals surface area contributed by atoms with Crippen LogP contribution in [0.3, 0.4) is 0 Å². The summed E-state index contributed by atoms with van der Waals surface area (Å²) >= 11 is 4.69. The van der Waals surface area contributed by atoms with Crippen LogP contribution in [0.2, 0.25) is 0 Å². The number of nitrogens with one attached hydrogen (secondary N) is 2. The average molecular weight is 435 g/mol. The van der Waals surface area contributed by atoms with Crippen LogP contribution in [0.15, 0.2) is 58.2 Å². The van der Waals surface area contributed by atoms with E-state index in [1.54, 1.807) is 0 Å². The topological polar surface area (TPSA) is 70.7 Å². The van der Waals surface area contributed by atoms with Crippen molar-refractivity contribution in [2.45, 2.75) is 23.8 Å². The second-order valence-corrected chi connectivity index (χ2v) is 7.57. The van der Waals surface area contributed by atoms with E-state index in [0.29, 0.717) is 23.1 Å². The summed E-state index contributed by atoms with van der Waals surface area (Å²) in [6.45, 7) is 1.92. The molecule has 0 aliphatic carbocycles. The maximum Gasteiger partial charge on any atom is 0.237 e. The Morgan fingerprint density at radius 3 is 2.58 bits per heavy atom. The molecule has 0 bridgehead atoms. The van der Waals surface area contributed by atoms with Crippen LogP contribution in [0.25, 0.3) is 11.4 Å². The number of hydrogen-bond donors (Lipinski definition) is 2. The van der Waals surface area contributed by atoms with E-state index in [9.17, 15) is 9.18 Å². The Kier molecular flexibility index (Phi) is 6.05. The fourth-order valence-electron chi connectivity index (χ4n) is 2.24. The first-order valence-electron chi connectivity index (χ1n) is 7.96. The predicted molar refractivity (Wildman–Crippen MR) is 104 cm³/mol. The molecule has 3 aromatic rings. The lowest BCUT2D eigenvalue weighted by Crippen LogP contribution is -2.24. The van der Waals surface area contributed by atoms with Crippen molar-refractivity contribution in [3.63, 3.8) is 0 Å². The molecular weight excluding hydrogens is 419 g/mol. The Balaban J connectivity index is 1.67. The van der Waals surface area contributed by atoms with Crippen LogP contribution in [0.4, 0.5) is 10.1 Å². The molecule has 0 saturated carbocycles. The minimum atomic E-state index is -0.353. The van der Waals surface area contributed by atoms with Gasteiger partial charge in [-0.15, -0.1) is 5.10 Å². The molecule has 3 rings (SSSR count). The number of benzene rings is 2. The first kappa shape index (κ1) is 18.6. The number of anilines is 1. The maximum atomic E-state index is 13.0. The van der Waals surface area contributed by atoms with Crippen LogP contribution in [0, 0.1) is 5.82 Å². The molecule has 2 N–H and O–H groups in total. The molecule has 1 aromatic heterocycles. The van der Waals surface area contributed by atoms with Gasteiger partial charge < -0.3 is 5.32 Å². The number of thioether (sulfide) groups is 1. The molecule has 0 radical (unpaired) electrons. The largest absolute Gasteiger partial charge is 0.325 e. The minimum Gasteiger partial charge on any atom is -0.325 e. The number of aromatic nitrogens is 3. The Labute approximate surface area is 162 Å². The normalized spacial score (nSPS) is 12.0. The molecule has 134 valence electrons. The van der Waals surface area contributed by atoms with Gasteiger partial charge in [-0.05, 0) is 42.8 Å². The van der Waals surface area contributed by atoms with Crippen LogP contribution in [-0.4, -0.2) is 26.3 Å². The van der Waals surface area contributed by atoms with E-state index in [-0.39, 0.29) is 17.0 Å². The summed E-state index contributed by atoms with van der Waals surface area (Å²) in [5, 5.41) is 10.0. The van der Waals surface area contributed by atoms with Crippen molar-refractivity contribution in [2.24, 2.45) is 0 Å². The number of aromatic amines is 1. The van der Waals surface area contributed by atoms with Crippen molar-refractivity contribution in [1.82, 2.24) is 15.2 Å². The van der Waals surface area contributed by atoms with E-state index >= 15 is 0 Å². The second kappa shape index (κ2) is 8.46. The van der Waals surface area contributed by atoms with Gasteiger partial charge in [0.2, 0.25) is 11.1 Å². The summed E-state index contributed by atoms with van der Waals surface area (Å²) in [4.78, 5) is 16.9. The summed E-state index contributed by atoms with van der Waals surface area (Å²) in [5.74, 6) is 0.138. The fraction of sp³-hybridized carbons (Fsp3) is 0.167. The lowest BCUT2D eigenvalue weighted by atomic mass is 10.2. The Morgan fingerprint density at radius 2 is 1.92 bits per heavy atom. The molecule has 0 saturated heterocycles. The fourth-order valence-corrected chi connectivity index (χ4v) is 3.34. The molecule has 1 atom stereocenters. The highest BCUT2D eigenvalue weighted by molar-refractivity contribution is 9.10. The summed E-state index contributed by atoms with van der Waals surface area (Å²) in [5.41, 5.74) is 1.47. The summed E-state index contributed by atoms with van der Waals surface area (Å²) in [7, 11) is 0. The standard InChI is InChI=1S/C18H16BrFN4OS/c1-2-15(17(25)21-14-9-7-13(20)8-10-14)26-18-22-16(23-24-18)11-3-5-12(19)6-4-11/h3-10,15H,2H2,1H3,(H,21,25)(H,22,23,24). The summed E-state index contributed by atoms with van der Waals surface area (Å²) in [6, 6.07) is 13.4. The molecule has 26 heavy (non-hydrogen) atoms. The zero-order valence-electron chi connectivity index (χ0n) is 13.9. The number of carbonyl (C=O) groups is 1. The van der Waals surface area contributed by atoms with E-state index in [1.807, 2.05) is 31.2 Å². The van der Waals surface area contributed by atoms with Gasteiger partial charge in [-0.1, -0.05) is 46.7 Å². The zero-order valence-corrected chi connectivity index (χ0v) is 16.3. The average Bonchev–Trinajstić information content (AvgIpc) is 3.11. The third kappa shape index (κ3) is 4.70.